The van der Waals surface area contributed by atoms with Crippen LogP contribution < -0.4 is 5.73 Å². The zero-order valence-corrected chi connectivity index (χ0v) is 10.1. The molecular formula is C13H19FN2O. The topological polar surface area (TPSA) is 49.5 Å². The highest BCUT2D eigenvalue weighted by molar-refractivity contribution is 5.29. The molecule has 1 aliphatic heterocycles. The highest BCUT2D eigenvalue weighted by Crippen LogP contribution is 2.27. The van der Waals surface area contributed by atoms with E-state index >= 15 is 0 Å². The van der Waals surface area contributed by atoms with E-state index in [-0.39, 0.29) is 23.7 Å². The minimum absolute atomic E-state index is 0.00181. The van der Waals surface area contributed by atoms with Crippen molar-refractivity contribution in [1.82, 2.24) is 4.90 Å². The molecule has 1 heterocycles. The predicted molar refractivity (Wildman–Crippen MR) is 65.3 cm³/mol. The van der Waals surface area contributed by atoms with Crippen LogP contribution in [0.15, 0.2) is 18.2 Å². The highest BCUT2D eigenvalue weighted by atomic mass is 19.1. The molecule has 94 valence electrons. The zero-order chi connectivity index (χ0) is 12.4. The van der Waals surface area contributed by atoms with Crippen LogP contribution in [0.5, 0.6) is 5.75 Å². The van der Waals surface area contributed by atoms with Crippen LogP contribution in [-0.4, -0.2) is 29.1 Å². The van der Waals surface area contributed by atoms with Crippen molar-refractivity contribution in [3.05, 3.63) is 29.6 Å². The maximum absolute atomic E-state index is 13.7. The van der Waals surface area contributed by atoms with Crippen LogP contribution in [0.3, 0.4) is 0 Å². The minimum atomic E-state index is -0.350. The first-order valence-electron chi connectivity index (χ1n) is 6.06. The van der Waals surface area contributed by atoms with Gasteiger partial charge in [-0.2, -0.15) is 0 Å². The van der Waals surface area contributed by atoms with Crippen molar-refractivity contribution in [2.24, 2.45) is 5.73 Å². The van der Waals surface area contributed by atoms with Crippen LogP contribution in [0, 0.1) is 5.82 Å². The van der Waals surface area contributed by atoms with E-state index in [1.165, 1.54) is 6.07 Å². The number of rotatable bonds is 2. The van der Waals surface area contributed by atoms with Crippen LogP contribution in [0.4, 0.5) is 4.39 Å². The number of phenols is 1. The van der Waals surface area contributed by atoms with Gasteiger partial charge in [-0.1, -0.05) is 6.07 Å². The van der Waals surface area contributed by atoms with Crippen LogP contribution in [0.1, 0.15) is 31.4 Å². The maximum Gasteiger partial charge on any atom is 0.131 e. The fourth-order valence-electron chi connectivity index (χ4n) is 2.44. The van der Waals surface area contributed by atoms with Gasteiger partial charge in [0.15, 0.2) is 0 Å². The molecule has 2 atom stereocenters. The number of likely N-dealkylation sites (tertiary alicyclic amines) is 1. The van der Waals surface area contributed by atoms with Crippen molar-refractivity contribution in [1.29, 1.82) is 0 Å². The summed E-state index contributed by atoms with van der Waals surface area (Å²) >= 11 is 0. The van der Waals surface area contributed by atoms with Crippen molar-refractivity contribution in [2.75, 3.05) is 13.1 Å². The van der Waals surface area contributed by atoms with E-state index in [0.717, 1.165) is 32.0 Å². The van der Waals surface area contributed by atoms with Crippen molar-refractivity contribution in [3.63, 3.8) is 0 Å². The van der Waals surface area contributed by atoms with Gasteiger partial charge >= 0.3 is 0 Å². The van der Waals surface area contributed by atoms with Crippen molar-refractivity contribution in [3.8, 4) is 5.75 Å². The Balaban J connectivity index is 2.15. The number of nitrogens with two attached hydrogens (primary N) is 1. The molecule has 1 fully saturated rings. The van der Waals surface area contributed by atoms with E-state index < -0.39 is 0 Å². The number of aromatic hydroxyl groups is 1. The lowest BCUT2D eigenvalue weighted by Gasteiger charge is -2.35. The van der Waals surface area contributed by atoms with E-state index in [9.17, 15) is 9.50 Å². The maximum atomic E-state index is 13.7. The van der Waals surface area contributed by atoms with E-state index in [0.29, 0.717) is 5.56 Å². The van der Waals surface area contributed by atoms with Gasteiger partial charge in [-0.3, -0.25) is 4.90 Å². The average molecular weight is 238 g/mol. The van der Waals surface area contributed by atoms with Crippen LogP contribution >= 0.6 is 0 Å². The second kappa shape index (κ2) is 5.02. The number of piperidine rings is 1. The summed E-state index contributed by atoms with van der Waals surface area (Å²) in [6.07, 6.45) is 2.10. The second-order valence-electron chi connectivity index (χ2n) is 4.78. The van der Waals surface area contributed by atoms with E-state index in [1.54, 1.807) is 6.07 Å². The Morgan fingerprint density at radius 2 is 2.29 bits per heavy atom. The third-order valence-corrected chi connectivity index (χ3v) is 3.47. The Morgan fingerprint density at radius 1 is 1.53 bits per heavy atom. The van der Waals surface area contributed by atoms with Gasteiger partial charge in [-0.25, -0.2) is 4.39 Å². The molecule has 1 aromatic carbocycles. The van der Waals surface area contributed by atoms with Gasteiger partial charge in [0.05, 0.1) is 0 Å². The molecule has 0 saturated carbocycles. The minimum Gasteiger partial charge on any atom is -0.508 e. The number of hydrogen-bond donors (Lipinski definition) is 2. The number of nitrogens with zero attached hydrogens (tertiary/aromatic N) is 1. The highest BCUT2D eigenvalue weighted by Gasteiger charge is 2.23. The second-order valence-corrected chi connectivity index (χ2v) is 4.78. The Morgan fingerprint density at radius 3 is 2.94 bits per heavy atom. The SMILES string of the molecule is CC(c1ccc(O)cc1F)N1CCCC(N)C1. The van der Waals surface area contributed by atoms with Gasteiger partial charge in [-0.15, -0.1) is 0 Å². The third kappa shape index (κ3) is 2.76. The van der Waals surface area contributed by atoms with Crippen LogP contribution in [0.25, 0.3) is 0 Å². The van der Waals surface area contributed by atoms with Gasteiger partial charge in [0, 0.05) is 30.3 Å². The van der Waals surface area contributed by atoms with Gasteiger partial charge in [0.2, 0.25) is 0 Å². The Hall–Kier alpha value is -1.13. The Bertz CT molecular complexity index is 397. The first-order valence-corrected chi connectivity index (χ1v) is 6.06. The first kappa shape index (κ1) is 12.3. The molecule has 0 aromatic heterocycles. The van der Waals surface area contributed by atoms with Crippen LogP contribution in [0.2, 0.25) is 0 Å². The molecule has 2 rings (SSSR count). The number of hydrogen-bond acceptors (Lipinski definition) is 3. The first-order chi connectivity index (χ1) is 8.08. The summed E-state index contributed by atoms with van der Waals surface area (Å²) in [7, 11) is 0. The summed E-state index contributed by atoms with van der Waals surface area (Å²) in [6, 6.07) is 4.53. The molecule has 4 heteroatoms. The molecule has 3 N–H and O–H groups in total. The fourth-order valence-corrected chi connectivity index (χ4v) is 2.44. The van der Waals surface area contributed by atoms with E-state index in [4.69, 9.17) is 5.73 Å². The normalized spacial score (nSPS) is 23.6. The quantitative estimate of drug-likeness (QED) is 0.828. The van der Waals surface area contributed by atoms with Crippen LogP contribution in [-0.2, 0) is 0 Å². The molecule has 2 unspecified atom stereocenters. The molecule has 3 nitrogen and oxygen atoms in total. The van der Waals surface area contributed by atoms with E-state index in [1.807, 2.05) is 6.92 Å². The van der Waals surface area contributed by atoms with Gasteiger partial charge in [0.1, 0.15) is 11.6 Å². The zero-order valence-electron chi connectivity index (χ0n) is 10.1. The Kier molecular flexibility index (Phi) is 3.64. The van der Waals surface area contributed by atoms with E-state index in [2.05, 4.69) is 4.90 Å². The molecule has 1 saturated heterocycles. The molecule has 1 aliphatic rings. The van der Waals surface area contributed by atoms with Crippen molar-refractivity contribution >= 4 is 0 Å². The summed E-state index contributed by atoms with van der Waals surface area (Å²) in [4.78, 5) is 2.20. The summed E-state index contributed by atoms with van der Waals surface area (Å²) in [5, 5.41) is 9.20. The number of halogens is 1. The smallest absolute Gasteiger partial charge is 0.131 e. The average Bonchev–Trinajstić information content (AvgIpc) is 2.28. The summed E-state index contributed by atoms with van der Waals surface area (Å²) in [5.41, 5.74) is 6.55. The fraction of sp³-hybridized carbons (Fsp3) is 0.538. The third-order valence-electron chi connectivity index (χ3n) is 3.47. The lowest BCUT2D eigenvalue weighted by atomic mass is 10.0. The molecular weight excluding hydrogens is 219 g/mol. The van der Waals surface area contributed by atoms with Gasteiger partial charge in [0.25, 0.3) is 0 Å². The van der Waals surface area contributed by atoms with Gasteiger partial charge < -0.3 is 10.8 Å². The van der Waals surface area contributed by atoms with Gasteiger partial charge in [-0.05, 0) is 32.4 Å². The summed E-state index contributed by atoms with van der Waals surface area (Å²) in [5.74, 6) is -0.384. The summed E-state index contributed by atoms with van der Waals surface area (Å²) < 4.78 is 13.7. The Labute approximate surface area is 101 Å². The monoisotopic (exact) mass is 238 g/mol. The lowest BCUT2D eigenvalue weighted by Crippen LogP contribution is -2.43. The molecule has 17 heavy (non-hydrogen) atoms. The van der Waals surface area contributed by atoms with Crippen molar-refractivity contribution in [2.45, 2.75) is 31.8 Å². The molecule has 0 radical (unpaired) electrons. The largest absolute Gasteiger partial charge is 0.508 e. The lowest BCUT2D eigenvalue weighted by molar-refractivity contribution is 0.157. The molecule has 0 spiro atoms. The summed E-state index contributed by atoms with van der Waals surface area (Å²) in [6.45, 7) is 3.74. The molecule has 0 amide bonds. The van der Waals surface area contributed by atoms with Crippen molar-refractivity contribution < 1.29 is 9.50 Å². The number of benzene rings is 1. The number of phenolic OH excluding ortho intramolecular Hbond substituents is 1. The molecule has 1 aromatic rings. The molecule has 0 bridgehead atoms. The standard InChI is InChI=1S/C13H19FN2O/c1-9(16-6-2-3-10(15)8-16)12-5-4-11(17)7-13(12)14/h4-5,7,9-10,17H,2-3,6,8,15H2,1H3. The predicted octanol–water partition coefficient (Wildman–Crippen LogP) is 2.02. The molecule has 0 aliphatic carbocycles.